The predicted molar refractivity (Wildman–Crippen MR) is 85.7 cm³/mol. The normalized spacial score (nSPS) is 24.7. The number of nitrogens with zero attached hydrogens (tertiary/aromatic N) is 3. The van der Waals surface area contributed by atoms with Crippen LogP contribution in [0.4, 0.5) is 0 Å². The van der Waals surface area contributed by atoms with E-state index in [1.54, 1.807) is 28.4 Å². The summed E-state index contributed by atoms with van der Waals surface area (Å²) < 4.78 is 27.1. The van der Waals surface area contributed by atoms with Gasteiger partial charge >= 0.3 is 0 Å². The summed E-state index contributed by atoms with van der Waals surface area (Å²) in [6.07, 6.45) is 2.19. The van der Waals surface area contributed by atoms with Crippen molar-refractivity contribution in [3.05, 3.63) is 34.2 Å². The zero-order valence-electron chi connectivity index (χ0n) is 13.1. The third-order valence-electron chi connectivity index (χ3n) is 4.63. The molecule has 0 aromatic carbocycles. The van der Waals surface area contributed by atoms with Crippen LogP contribution in [0, 0.1) is 0 Å². The van der Waals surface area contributed by atoms with Gasteiger partial charge in [0.2, 0.25) is 10.0 Å². The van der Waals surface area contributed by atoms with E-state index in [2.05, 4.69) is 0 Å². The number of hydrogen-bond donors (Lipinski definition) is 0. The Morgan fingerprint density at radius 1 is 1.22 bits per heavy atom. The monoisotopic (exact) mass is 339 g/mol. The minimum Gasteiger partial charge on any atom is -0.336 e. The lowest BCUT2D eigenvalue weighted by atomic mass is 10.0. The van der Waals surface area contributed by atoms with Crippen LogP contribution in [0.25, 0.3) is 0 Å². The Morgan fingerprint density at radius 2 is 2.00 bits per heavy atom. The minimum atomic E-state index is -3.18. The second kappa shape index (κ2) is 6.09. The number of sulfonamides is 1. The number of amides is 1. The van der Waals surface area contributed by atoms with Crippen molar-refractivity contribution in [2.24, 2.45) is 7.05 Å². The van der Waals surface area contributed by atoms with Gasteiger partial charge in [0.25, 0.3) is 11.5 Å². The van der Waals surface area contributed by atoms with Gasteiger partial charge in [-0.15, -0.1) is 0 Å². The molecular weight excluding hydrogens is 318 g/mol. The second-order valence-corrected chi connectivity index (χ2v) is 8.18. The molecule has 2 aliphatic heterocycles. The summed E-state index contributed by atoms with van der Waals surface area (Å²) >= 11 is 0. The molecule has 1 atom stereocenters. The average molecular weight is 339 g/mol. The van der Waals surface area contributed by atoms with E-state index < -0.39 is 10.0 Å². The second-order valence-electron chi connectivity index (χ2n) is 6.14. The van der Waals surface area contributed by atoms with Crippen molar-refractivity contribution < 1.29 is 13.2 Å². The summed E-state index contributed by atoms with van der Waals surface area (Å²) in [6, 6.07) is 4.45. The average Bonchev–Trinajstić information content (AvgIpc) is 2.89. The van der Waals surface area contributed by atoms with E-state index in [9.17, 15) is 18.0 Å². The van der Waals surface area contributed by atoms with E-state index in [0.29, 0.717) is 31.7 Å². The van der Waals surface area contributed by atoms with Gasteiger partial charge < -0.3 is 9.47 Å². The standard InChI is InChI=1S/C15H21N3O4S/c1-16-13(6-2-7-14(16)19)15(20)17-8-3-5-12(11-17)18-9-4-10-23(18,21)22/h2,6-7,12H,3-5,8-11H2,1H3. The molecule has 0 bridgehead atoms. The van der Waals surface area contributed by atoms with E-state index in [-0.39, 0.29) is 23.3 Å². The molecule has 1 amide bonds. The maximum Gasteiger partial charge on any atom is 0.270 e. The zero-order chi connectivity index (χ0) is 16.6. The summed E-state index contributed by atoms with van der Waals surface area (Å²) in [5.41, 5.74) is 0.106. The van der Waals surface area contributed by atoms with Crippen LogP contribution >= 0.6 is 0 Å². The smallest absolute Gasteiger partial charge is 0.270 e. The molecular formula is C15H21N3O4S. The number of hydrogen-bond acceptors (Lipinski definition) is 4. The zero-order valence-corrected chi connectivity index (χ0v) is 14.0. The van der Waals surface area contributed by atoms with Crippen molar-refractivity contribution in [3.63, 3.8) is 0 Å². The Hall–Kier alpha value is -1.67. The van der Waals surface area contributed by atoms with Crippen LogP contribution < -0.4 is 5.56 Å². The Morgan fingerprint density at radius 3 is 2.70 bits per heavy atom. The Balaban J connectivity index is 1.80. The molecule has 23 heavy (non-hydrogen) atoms. The number of rotatable bonds is 2. The van der Waals surface area contributed by atoms with E-state index >= 15 is 0 Å². The summed E-state index contributed by atoms with van der Waals surface area (Å²) in [5.74, 6) is -0.0172. The first-order valence-corrected chi connectivity index (χ1v) is 9.46. The highest BCUT2D eigenvalue weighted by Crippen LogP contribution is 2.24. The fourth-order valence-corrected chi connectivity index (χ4v) is 5.15. The number of likely N-dealkylation sites (tertiary alicyclic amines) is 1. The molecule has 0 saturated carbocycles. The third kappa shape index (κ3) is 3.05. The van der Waals surface area contributed by atoms with Gasteiger partial charge in [0.1, 0.15) is 5.69 Å². The summed E-state index contributed by atoms with van der Waals surface area (Å²) in [5, 5.41) is 0. The molecule has 3 heterocycles. The van der Waals surface area contributed by atoms with Crippen LogP contribution in [-0.4, -0.2) is 59.5 Å². The van der Waals surface area contributed by atoms with Crippen LogP contribution in [0.15, 0.2) is 23.0 Å². The summed E-state index contributed by atoms with van der Waals surface area (Å²) in [6.45, 7) is 1.52. The molecule has 2 aliphatic rings. The Bertz CT molecular complexity index is 771. The first-order chi connectivity index (χ1) is 10.9. The molecule has 2 fully saturated rings. The van der Waals surface area contributed by atoms with Crippen molar-refractivity contribution in [2.45, 2.75) is 25.3 Å². The molecule has 0 radical (unpaired) electrons. The highest BCUT2D eigenvalue weighted by molar-refractivity contribution is 7.89. The molecule has 1 aromatic heterocycles. The molecule has 1 aromatic rings. The quantitative estimate of drug-likeness (QED) is 0.761. The van der Waals surface area contributed by atoms with Crippen molar-refractivity contribution in [3.8, 4) is 0 Å². The van der Waals surface area contributed by atoms with Crippen LogP contribution in [0.2, 0.25) is 0 Å². The van der Waals surface area contributed by atoms with E-state index in [0.717, 1.165) is 12.8 Å². The van der Waals surface area contributed by atoms with Crippen molar-refractivity contribution in [1.29, 1.82) is 0 Å². The number of aromatic nitrogens is 1. The maximum absolute atomic E-state index is 12.7. The molecule has 1 unspecified atom stereocenters. The highest BCUT2D eigenvalue weighted by Gasteiger charge is 2.37. The molecule has 2 saturated heterocycles. The number of carbonyl (C=O) groups is 1. The van der Waals surface area contributed by atoms with Gasteiger partial charge in [0.05, 0.1) is 5.75 Å². The van der Waals surface area contributed by atoms with Crippen molar-refractivity contribution in [2.75, 3.05) is 25.4 Å². The van der Waals surface area contributed by atoms with Crippen LogP contribution in [-0.2, 0) is 17.1 Å². The van der Waals surface area contributed by atoms with Crippen LogP contribution in [0.3, 0.4) is 0 Å². The molecule has 0 spiro atoms. The van der Waals surface area contributed by atoms with Gasteiger partial charge in [0, 0.05) is 38.8 Å². The summed E-state index contributed by atoms with van der Waals surface area (Å²) in [7, 11) is -1.60. The largest absolute Gasteiger partial charge is 0.336 e. The SMILES string of the molecule is Cn1c(C(=O)N2CCCC(N3CCCS3(=O)=O)C2)cccc1=O. The molecule has 3 rings (SSSR count). The van der Waals surface area contributed by atoms with Gasteiger partial charge in [0.15, 0.2) is 0 Å². The van der Waals surface area contributed by atoms with Crippen LogP contribution in [0.5, 0.6) is 0 Å². The first-order valence-electron chi connectivity index (χ1n) is 7.85. The number of pyridine rings is 1. The Labute approximate surface area is 135 Å². The lowest BCUT2D eigenvalue weighted by molar-refractivity contribution is 0.0647. The molecule has 8 heteroatoms. The fourth-order valence-electron chi connectivity index (χ4n) is 3.38. The maximum atomic E-state index is 12.7. The van der Waals surface area contributed by atoms with Gasteiger partial charge in [-0.25, -0.2) is 8.42 Å². The van der Waals surface area contributed by atoms with Gasteiger partial charge in [-0.05, 0) is 25.3 Å². The highest BCUT2D eigenvalue weighted by atomic mass is 32.2. The van der Waals surface area contributed by atoms with Crippen molar-refractivity contribution in [1.82, 2.24) is 13.8 Å². The predicted octanol–water partition coefficient (Wildman–Crippen LogP) is 0.0254. The molecule has 0 N–H and O–H groups in total. The molecule has 7 nitrogen and oxygen atoms in total. The first kappa shape index (κ1) is 16.2. The van der Waals surface area contributed by atoms with Crippen molar-refractivity contribution >= 4 is 15.9 Å². The lowest BCUT2D eigenvalue weighted by Gasteiger charge is -2.36. The van der Waals surface area contributed by atoms with Gasteiger partial charge in [-0.3, -0.25) is 9.59 Å². The van der Waals surface area contributed by atoms with E-state index in [4.69, 9.17) is 0 Å². The molecule has 126 valence electrons. The van der Waals surface area contributed by atoms with Gasteiger partial charge in [-0.2, -0.15) is 4.31 Å². The topological polar surface area (TPSA) is 79.7 Å². The fraction of sp³-hybridized carbons (Fsp3) is 0.600. The number of piperidine rings is 1. The molecule has 0 aliphatic carbocycles. The minimum absolute atomic E-state index is 0.152. The third-order valence-corrected chi connectivity index (χ3v) is 6.63. The van der Waals surface area contributed by atoms with Crippen LogP contribution in [0.1, 0.15) is 29.8 Å². The number of carbonyl (C=O) groups excluding carboxylic acids is 1. The van der Waals surface area contributed by atoms with E-state index in [1.165, 1.54) is 10.6 Å². The summed E-state index contributed by atoms with van der Waals surface area (Å²) in [4.78, 5) is 26.0. The lowest BCUT2D eigenvalue weighted by Crippen LogP contribution is -2.50. The van der Waals surface area contributed by atoms with E-state index in [1.807, 2.05) is 0 Å². The van der Waals surface area contributed by atoms with Gasteiger partial charge in [-0.1, -0.05) is 6.07 Å². The Kier molecular flexibility index (Phi) is 4.29.